The number of hydrogen-bond acceptors (Lipinski definition) is 8. The van der Waals surface area contributed by atoms with Gasteiger partial charge in [0.25, 0.3) is 5.56 Å². The Morgan fingerprint density at radius 2 is 1.93 bits per heavy atom. The van der Waals surface area contributed by atoms with Gasteiger partial charge >= 0.3 is 0 Å². The van der Waals surface area contributed by atoms with Crippen LogP contribution >= 0.6 is 11.3 Å². The Morgan fingerprint density at radius 1 is 1.23 bits per heavy atom. The van der Waals surface area contributed by atoms with Gasteiger partial charge in [0.05, 0.1) is 37.1 Å². The van der Waals surface area contributed by atoms with Crippen molar-refractivity contribution in [3.63, 3.8) is 0 Å². The van der Waals surface area contributed by atoms with Crippen molar-refractivity contribution in [1.82, 2.24) is 19.9 Å². The zero-order chi connectivity index (χ0) is 21.8. The van der Waals surface area contributed by atoms with E-state index in [4.69, 9.17) is 9.47 Å². The number of aromatic nitrogens is 3. The van der Waals surface area contributed by atoms with Crippen LogP contribution in [0.15, 0.2) is 28.6 Å². The predicted molar refractivity (Wildman–Crippen MR) is 112 cm³/mol. The van der Waals surface area contributed by atoms with E-state index in [2.05, 4.69) is 20.6 Å². The number of nitrogens with zero attached hydrogens (tertiary/aromatic N) is 3. The number of rotatable bonds is 7. The Kier molecular flexibility index (Phi) is 6.31. The van der Waals surface area contributed by atoms with Gasteiger partial charge in [0, 0.05) is 11.4 Å². The average Bonchev–Trinajstić information content (AvgIpc) is 3.13. The summed E-state index contributed by atoms with van der Waals surface area (Å²) >= 11 is 1.30. The molecule has 0 aliphatic rings. The van der Waals surface area contributed by atoms with Gasteiger partial charge in [-0.25, -0.2) is 9.97 Å². The van der Waals surface area contributed by atoms with E-state index in [-0.39, 0.29) is 11.9 Å². The third kappa shape index (κ3) is 4.57. The molecule has 1 unspecified atom stereocenters. The highest BCUT2D eigenvalue weighted by Crippen LogP contribution is 2.29. The zero-order valence-electron chi connectivity index (χ0n) is 16.9. The van der Waals surface area contributed by atoms with Crippen LogP contribution < -0.4 is 25.7 Å². The minimum Gasteiger partial charge on any atom is -0.493 e. The maximum atomic E-state index is 12.8. The third-order valence-electron chi connectivity index (χ3n) is 4.26. The number of hydrogen-bond donors (Lipinski definition) is 2. The minimum absolute atomic E-state index is 0.285. The predicted octanol–water partition coefficient (Wildman–Crippen LogP) is 1.32. The number of anilines is 1. The van der Waals surface area contributed by atoms with Crippen LogP contribution in [-0.2, 0) is 16.1 Å². The summed E-state index contributed by atoms with van der Waals surface area (Å²) < 4.78 is 11.6. The molecule has 0 spiro atoms. The first-order valence-electron chi connectivity index (χ1n) is 8.96. The Hall–Kier alpha value is -3.47. The molecule has 0 radical (unpaired) electrons. The highest BCUT2D eigenvalue weighted by molar-refractivity contribution is 7.13. The molecule has 0 aliphatic carbocycles. The van der Waals surface area contributed by atoms with Gasteiger partial charge in [-0.2, -0.15) is 0 Å². The molecule has 158 valence electrons. The van der Waals surface area contributed by atoms with Gasteiger partial charge in [0.1, 0.15) is 12.6 Å². The summed E-state index contributed by atoms with van der Waals surface area (Å²) in [5, 5.41) is 7.75. The fourth-order valence-electron chi connectivity index (χ4n) is 2.73. The first-order valence-corrected chi connectivity index (χ1v) is 9.84. The van der Waals surface area contributed by atoms with Gasteiger partial charge in [0.15, 0.2) is 16.6 Å². The van der Waals surface area contributed by atoms with Crippen LogP contribution in [0.1, 0.15) is 12.6 Å². The number of amides is 2. The fourth-order valence-corrected chi connectivity index (χ4v) is 3.42. The maximum absolute atomic E-state index is 12.8. The molecule has 0 aliphatic heterocycles. The van der Waals surface area contributed by atoms with Crippen LogP contribution in [-0.4, -0.2) is 46.6 Å². The number of aryl methyl sites for hydroxylation is 1. The molecule has 10 nitrogen and oxygen atoms in total. The van der Waals surface area contributed by atoms with Gasteiger partial charge in [-0.1, -0.05) is 0 Å². The lowest BCUT2D eigenvalue weighted by molar-refractivity contribution is -0.126. The van der Waals surface area contributed by atoms with Crippen LogP contribution in [0, 0.1) is 6.92 Å². The summed E-state index contributed by atoms with van der Waals surface area (Å²) in [6.45, 7) is 3.08. The Morgan fingerprint density at radius 3 is 2.57 bits per heavy atom. The molecular weight excluding hydrogens is 410 g/mol. The highest BCUT2D eigenvalue weighted by atomic mass is 32.1. The largest absolute Gasteiger partial charge is 0.493 e. The van der Waals surface area contributed by atoms with Crippen molar-refractivity contribution in [3.8, 4) is 11.5 Å². The molecule has 2 amide bonds. The summed E-state index contributed by atoms with van der Waals surface area (Å²) in [5.74, 6) is -0.0771. The van der Waals surface area contributed by atoms with E-state index in [0.717, 1.165) is 5.69 Å². The van der Waals surface area contributed by atoms with Gasteiger partial charge < -0.3 is 20.1 Å². The number of methoxy groups -OCH3 is 2. The van der Waals surface area contributed by atoms with E-state index < -0.39 is 23.4 Å². The number of carbonyl (C=O) groups is 2. The molecule has 0 saturated carbocycles. The monoisotopic (exact) mass is 431 g/mol. The molecule has 1 atom stereocenters. The molecule has 11 heteroatoms. The van der Waals surface area contributed by atoms with Gasteiger partial charge in [0.2, 0.25) is 11.8 Å². The van der Waals surface area contributed by atoms with Crippen LogP contribution in [0.25, 0.3) is 10.9 Å². The number of ether oxygens (including phenoxy) is 2. The van der Waals surface area contributed by atoms with Crippen molar-refractivity contribution in [2.45, 2.75) is 26.4 Å². The lowest BCUT2D eigenvalue weighted by Gasteiger charge is -2.14. The number of benzene rings is 1. The van der Waals surface area contributed by atoms with E-state index in [1.807, 2.05) is 12.3 Å². The van der Waals surface area contributed by atoms with E-state index in [1.54, 1.807) is 13.0 Å². The number of carbonyl (C=O) groups excluding carboxylic acids is 2. The fraction of sp³-hybridized carbons (Fsp3) is 0.316. The summed E-state index contributed by atoms with van der Waals surface area (Å²) in [5.41, 5.74) is 0.802. The minimum atomic E-state index is -0.810. The lowest BCUT2D eigenvalue weighted by Crippen LogP contribution is -2.43. The third-order valence-corrected chi connectivity index (χ3v) is 5.14. The average molecular weight is 431 g/mol. The van der Waals surface area contributed by atoms with Crippen molar-refractivity contribution in [3.05, 3.63) is 39.9 Å². The molecule has 3 aromatic rings. The number of fused-ring (bicyclic) bond motifs is 1. The van der Waals surface area contributed by atoms with Crippen molar-refractivity contribution in [1.29, 1.82) is 0 Å². The summed E-state index contributed by atoms with van der Waals surface area (Å²) in [6.07, 6.45) is 1.28. The summed E-state index contributed by atoms with van der Waals surface area (Å²) in [7, 11) is 2.95. The van der Waals surface area contributed by atoms with Crippen LogP contribution in [0.5, 0.6) is 11.5 Å². The molecule has 2 heterocycles. The number of thiazole rings is 1. The highest BCUT2D eigenvalue weighted by Gasteiger charge is 2.18. The standard InChI is InChI=1S/C19H21N5O5S/c1-10-8-30-19(21-10)23-17(26)11(2)22-16(25)7-24-9-20-13-6-15(29-4)14(28-3)5-12(13)18(24)27/h5-6,8-9,11H,7H2,1-4H3,(H,22,25)(H,21,23,26). The Bertz CT molecular complexity index is 1160. The molecule has 0 bridgehead atoms. The van der Waals surface area contributed by atoms with Gasteiger partial charge in [-0.05, 0) is 19.9 Å². The van der Waals surface area contributed by atoms with E-state index in [0.29, 0.717) is 22.1 Å². The zero-order valence-corrected chi connectivity index (χ0v) is 17.7. The quantitative estimate of drug-likeness (QED) is 0.578. The van der Waals surface area contributed by atoms with Crippen LogP contribution in [0.2, 0.25) is 0 Å². The molecule has 1 aromatic carbocycles. The molecule has 2 N–H and O–H groups in total. The van der Waals surface area contributed by atoms with Gasteiger partial charge in [-0.3, -0.25) is 19.0 Å². The SMILES string of the molecule is COc1cc2ncn(CC(=O)NC(C)C(=O)Nc3nc(C)cs3)c(=O)c2cc1OC. The summed E-state index contributed by atoms with van der Waals surface area (Å²) in [4.78, 5) is 45.7. The lowest BCUT2D eigenvalue weighted by atomic mass is 10.2. The second-order valence-corrected chi connectivity index (χ2v) is 7.33. The second kappa shape index (κ2) is 8.91. The molecule has 0 fully saturated rings. The Balaban J connectivity index is 1.72. The van der Waals surface area contributed by atoms with Gasteiger partial charge in [-0.15, -0.1) is 11.3 Å². The smallest absolute Gasteiger partial charge is 0.261 e. The van der Waals surface area contributed by atoms with E-state index in [1.165, 1.54) is 42.5 Å². The second-order valence-electron chi connectivity index (χ2n) is 6.47. The van der Waals surface area contributed by atoms with Crippen molar-refractivity contribution in [2.75, 3.05) is 19.5 Å². The van der Waals surface area contributed by atoms with E-state index >= 15 is 0 Å². The maximum Gasteiger partial charge on any atom is 0.261 e. The van der Waals surface area contributed by atoms with Crippen molar-refractivity contribution < 1.29 is 19.1 Å². The summed E-state index contributed by atoms with van der Waals surface area (Å²) in [6, 6.07) is 2.30. The molecule has 0 saturated heterocycles. The van der Waals surface area contributed by atoms with E-state index in [9.17, 15) is 14.4 Å². The first-order chi connectivity index (χ1) is 14.3. The molecule has 3 rings (SSSR count). The number of nitrogens with one attached hydrogen (secondary N) is 2. The van der Waals surface area contributed by atoms with Crippen LogP contribution in [0.3, 0.4) is 0 Å². The molecular formula is C19H21N5O5S. The normalized spacial score (nSPS) is 11.7. The van der Waals surface area contributed by atoms with Crippen molar-refractivity contribution in [2.24, 2.45) is 0 Å². The topological polar surface area (TPSA) is 124 Å². The first kappa shape index (κ1) is 21.2. The Labute approximate surface area is 175 Å². The van der Waals surface area contributed by atoms with Crippen LogP contribution in [0.4, 0.5) is 5.13 Å². The molecule has 30 heavy (non-hydrogen) atoms. The molecule has 2 aromatic heterocycles. The van der Waals surface area contributed by atoms with Crippen molar-refractivity contribution >= 4 is 39.2 Å².